The number of hydrogen-bond donors (Lipinski definition) is 4. The highest BCUT2D eigenvalue weighted by atomic mass is 16.5. The normalized spacial score (nSPS) is 13.9. The number of amides is 4. The van der Waals surface area contributed by atoms with Gasteiger partial charge in [0.25, 0.3) is 6.47 Å². The molecular weight excluding hydrogens is 635 g/mol. The van der Waals surface area contributed by atoms with Gasteiger partial charge in [-0.25, -0.2) is 0 Å². The lowest BCUT2D eigenvalue weighted by Crippen LogP contribution is -2.56. The van der Waals surface area contributed by atoms with Gasteiger partial charge in [-0.1, -0.05) is 85.1 Å². The summed E-state index contributed by atoms with van der Waals surface area (Å²) in [6, 6.07) is 5.01. The van der Waals surface area contributed by atoms with Crippen LogP contribution < -0.4 is 21.3 Å². The van der Waals surface area contributed by atoms with E-state index in [0.29, 0.717) is 31.5 Å². The maximum absolute atomic E-state index is 13.4. The van der Waals surface area contributed by atoms with Crippen molar-refractivity contribution in [3.8, 4) is 0 Å². The molecule has 0 spiro atoms. The van der Waals surface area contributed by atoms with E-state index in [0.717, 1.165) is 5.56 Å². The van der Waals surface area contributed by atoms with Crippen LogP contribution in [0.25, 0.3) is 0 Å². The predicted octanol–water partition coefficient (Wildman–Crippen LogP) is 5.81. The Morgan fingerprint density at radius 2 is 1.38 bits per heavy atom. The monoisotopic (exact) mass is 699 g/mol. The quantitative estimate of drug-likeness (QED) is 0.0991. The van der Waals surface area contributed by atoms with Crippen LogP contribution in [0.15, 0.2) is 24.3 Å². The van der Waals surface area contributed by atoms with Crippen molar-refractivity contribution in [2.45, 2.75) is 145 Å². The molecule has 0 aliphatic carbocycles. The summed E-state index contributed by atoms with van der Waals surface area (Å²) in [4.78, 5) is 63.0. The van der Waals surface area contributed by atoms with Crippen LogP contribution in [-0.2, 0) is 40.1 Å². The highest BCUT2D eigenvalue weighted by molar-refractivity contribution is 6.43. The maximum atomic E-state index is 13.4. The lowest BCUT2D eigenvalue weighted by Gasteiger charge is -2.37. The fraction of sp³-hybridized carbons (Fsp3) is 0.711. The largest absolute Gasteiger partial charge is 0.463 e. The maximum Gasteiger partial charge on any atom is 0.293 e. The van der Waals surface area contributed by atoms with Crippen molar-refractivity contribution in [1.82, 2.24) is 16.0 Å². The fourth-order valence-electron chi connectivity index (χ4n) is 5.98. The van der Waals surface area contributed by atoms with Gasteiger partial charge < -0.3 is 30.7 Å². The smallest absolute Gasteiger partial charge is 0.293 e. The van der Waals surface area contributed by atoms with Crippen molar-refractivity contribution >= 4 is 43.1 Å². The van der Waals surface area contributed by atoms with Crippen molar-refractivity contribution in [3.05, 3.63) is 29.8 Å². The molecule has 0 heterocycles. The Morgan fingerprint density at radius 1 is 0.800 bits per heavy atom. The molecule has 0 aliphatic heterocycles. The van der Waals surface area contributed by atoms with E-state index in [9.17, 15) is 24.0 Å². The second kappa shape index (κ2) is 18.2. The molecule has 0 bridgehead atoms. The summed E-state index contributed by atoms with van der Waals surface area (Å²) in [5.74, 6) is -1.53. The van der Waals surface area contributed by atoms with Gasteiger partial charge >= 0.3 is 0 Å². The molecule has 12 heteroatoms. The number of ether oxygens (including phenoxy) is 2. The first-order chi connectivity index (χ1) is 22.7. The van der Waals surface area contributed by atoms with E-state index in [4.69, 9.17) is 9.47 Å². The molecule has 281 valence electrons. The number of carbonyl (C=O) groups excluding carboxylic acids is 5. The van der Waals surface area contributed by atoms with E-state index in [1.165, 1.54) is 0 Å². The van der Waals surface area contributed by atoms with E-state index in [1.54, 1.807) is 45.0 Å². The minimum atomic E-state index is -0.975. The number of benzene rings is 1. The van der Waals surface area contributed by atoms with Crippen LogP contribution in [0.2, 0.25) is 10.6 Å². The van der Waals surface area contributed by atoms with E-state index in [-0.39, 0.29) is 41.6 Å². The zero-order chi connectivity index (χ0) is 38.7. The topological polar surface area (TPSA) is 152 Å². The second-order valence-corrected chi connectivity index (χ2v) is 17.5. The Bertz CT molecular complexity index is 1300. The summed E-state index contributed by atoms with van der Waals surface area (Å²) in [6.07, 6.45) is 1.25. The molecule has 1 aromatic carbocycles. The van der Waals surface area contributed by atoms with Crippen LogP contribution in [0.1, 0.15) is 115 Å². The van der Waals surface area contributed by atoms with Crippen molar-refractivity contribution in [2.75, 3.05) is 18.5 Å². The first kappa shape index (κ1) is 44.6. The van der Waals surface area contributed by atoms with Crippen molar-refractivity contribution in [2.24, 2.45) is 16.7 Å². The molecule has 1 radical (unpaired) electrons. The number of rotatable bonds is 20. The van der Waals surface area contributed by atoms with Crippen LogP contribution in [0.3, 0.4) is 0 Å². The van der Waals surface area contributed by atoms with E-state index in [2.05, 4.69) is 63.2 Å². The molecular formula is C38H64BN4O7. The third kappa shape index (κ3) is 16.1. The van der Waals surface area contributed by atoms with Crippen LogP contribution >= 0.6 is 0 Å². The zero-order valence-corrected chi connectivity index (χ0v) is 33.1. The Balaban J connectivity index is 2.70. The molecule has 0 aliphatic rings. The van der Waals surface area contributed by atoms with Crippen LogP contribution in [0.5, 0.6) is 0 Å². The Hall–Kier alpha value is -3.41. The van der Waals surface area contributed by atoms with E-state index >= 15 is 0 Å². The Kier molecular flexibility index (Phi) is 16.2. The number of carbonyl (C=O) groups is 5. The summed E-state index contributed by atoms with van der Waals surface area (Å²) in [5, 5.41) is 11.3. The molecule has 0 fully saturated rings. The molecule has 0 aromatic heterocycles. The average Bonchev–Trinajstić information content (AvgIpc) is 2.96. The summed E-state index contributed by atoms with van der Waals surface area (Å²) < 4.78 is 10.9. The summed E-state index contributed by atoms with van der Waals surface area (Å²) in [7, 11) is 2.30. The SMILES string of the molecule is CC(C)C(NC(=O)C(C)(C)COC(C)(C)CCNC(=O)C(C)(C)CC(C)(C)[B]C(C)(C)C)C(=O)N[C@@H](C)C(=O)Nc1ccc(COC=O)cc1. The molecule has 11 nitrogen and oxygen atoms in total. The number of nitrogens with one attached hydrogen (secondary N) is 4. The minimum absolute atomic E-state index is 0.00945. The van der Waals surface area contributed by atoms with Gasteiger partial charge in [-0.2, -0.15) is 0 Å². The Morgan fingerprint density at radius 3 is 1.90 bits per heavy atom. The minimum Gasteiger partial charge on any atom is -0.463 e. The number of anilines is 1. The van der Waals surface area contributed by atoms with Gasteiger partial charge in [0, 0.05) is 17.6 Å². The van der Waals surface area contributed by atoms with Gasteiger partial charge in [-0.05, 0) is 71.1 Å². The van der Waals surface area contributed by atoms with E-state index < -0.39 is 40.3 Å². The first-order valence-corrected chi connectivity index (χ1v) is 17.6. The Labute approximate surface area is 301 Å². The van der Waals surface area contributed by atoms with Gasteiger partial charge in [-0.3, -0.25) is 24.0 Å². The second-order valence-electron chi connectivity index (χ2n) is 17.5. The fourth-order valence-corrected chi connectivity index (χ4v) is 5.98. The third-order valence-corrected chi connectivity index (χ3v) is 8.31. The van der Waals surface area contributed by atoms with Gasteiger partial charge in [0.05, 0.1) is 17.6 Å². The zero-order valence-electron chi connectivity index (χ0n) is 33.1. The van der Waals surface area contributed by atoms with Gasteiger partial charge in [0.1, 0.15) is 26.0 Å². The van der Waals surface area contributed by atoms with Gasteiger partial charge in [-0.15, -0.1) is 0 Å². The third-order valence-electron chi connectivity index (χ3n) is 8.31. The lowest BCUT2D eigenvalue weighted by atomic mass is 9.39. The van der Waals surface area contributed by atoms with Gasteiger partial charge in [0.2, 0.25) is 23.6 Å². The van der Waals surface area contributed by atoms with Crippen LogP contribution in [0, 0.1) is 16.7 Å². The van der Waals surface area contributed by atoms with Crippen molar-refractivity contribution in [1.29, 1.82) is 0 Å². The first-order valence-electron chi connectivity index (χ1n) is 17.6. The number of hydrogen-bond acceptors (Lipinski definition) is 7. The van der Waals surface area contributed by atoms with Crippen LogP contribution in [-0.4, -0.2) is 68.2 Å². The summed E-state index contributed by atoms with van der Waals surface area (Å²) in [6.45, 7) is 28.3. The highest BCUT2D eigenvalue weighted by Gasteiger charge is 2.38. The molecule has 4 amide bonds. The molecule has 1 aromatic rings. The van der Waals surface area contributed by atoms with Crippen molar-refractivity contribution in [3.63, 3.8) is 0 Å². The summed E-state index contributed by atoms with van der Waals surface area (Å²) >= 11 is 0. The van der Waals surface area contributed by atoms with E-state index in [1.807, 2.05) is 41.5 Å². The molecule has 0 saturated heterocycles. The van der Waals surface area contributed by atoms with Gasteiger partial charge in [0.15, 0.2) is 0 Å². The van der Waals surface area contributed by atoms with Crippen LogP contribution in [0.4, 0.5) is 5.69 Å². The molecule has 1 unspecified atom stereocenters. The summed E-state index contributed by atoms with van der Waals surface area (Å²) in [5.41, 5.74) is -0.882. The van der Waals surface area contributed by atoms with Crippen molar-refractivity contribution < 1.29 is 33.4 Å². The molecule has 4 N–H and O–H groups in total. The average molecular weight is 700 g/mol. The standard InChI is InChI=1S/C38H64BN4O7/c1-25(2)29(31(46)41-26(3)30(45)42-28-17-15-27(16-18-28)21-49-24-44)43-33(48)36(9,10)23-50-38(13,14)19-20-40-32(47)35(7,8)22-37(11,12)39-34(4,5)6/h15-18,24-26,29H,19-23H2,1-14H3,(H,40,47)(H,41,46)(H,42,45)(H,43,48)/t26-,29?/m0/s1. The molecule has 1 rings (SSSR count). The molecule has 0 saturated carbocycles. The molecule has 50 heavy (non-hydrogen) atoms. The molecule has 2 atom stereocenters. The predicted molar refractivity (Wildman–Crippen MR) is 200 cm³/mol. The highest BCUT2D eigenvalue weighted by Crippen LogP contribution is 2.43. The lowest BCUT2D eigenvalue weighted by molar-refractivity contribution is -0.141.